The molecule has 14 heteroatoms. The van der Waals surface area contributed by atoms with Gasteiger partial charge in [0.1, 0.15) is 0 Å². The summed E-state index contributed by atoms with van der Waals surface area (Å²) in [4.78, 5) is 25.6. The van der Waals surface area contributed by atoms with Gasteiger partial charge in [0, 0.05) is 0 Å². The SMILES string of the molecule is O=P([O-])([O-])[O-].[K+].[K+].[K+].[K+].[K+].[O]=[Ti]([O-])[O-]. The van der Waals surface area contributed by atoms with E-state index in [9.17, 15) is 0 Å². The summed E-state index contributed by atoms with van der Waals surface area (Å²) in [6.45, 7) is 0. The third-order valence-corrected chi connectivity index (χ3v) is 0. The van der Waals surface area contributed by atoms with Crippen LogP contribution >= 0.6 is 7.82 Å². The summed E-state index contributed by atoms with van der Waals surface area (Å²) >= 11 is -4.08. The van der Waals surface area contributed by atoms with Gasteiger partial charge in [0.2, 0.25) is 0 Å². The molecule has 0 aliphatic heterocycles. The first kappa shape index (κ1) is 43.4. The molecule has 0 atom stereocenters. The van der Waals surface area contributed by atoms with Gasteiger partial charge in [-0.15, -0.1) is 0 Å². The molecule has 0 aromatic rings. The van der Waals surface area contributed by atoms with Gasteiger partial charge in [0.15, 0.2) is 0 Å². The Morgan fingerprint density at radius 2 is 0.786 bits per heavy atom. The van der Waals surface area contributed by atoms with Crippen molar-refractivity contribution >= 4 is 7.82 Å². The summed E-state index contributed by atoms with van der Waals surface area (Å²) < 4.78 is 34.3. The summed E-state index contributed by atoms with van der Waals surface area (Å²) in [5.74, 6) is 0. The molecule has 0 unspecified atom stereocenters. The fourth-order valence-electron chi connectivity index (χ4n) is 0. The van der Waals surface area contributed by atoms with E-state index in [0.29, 0.717) is 0 Å². The van der Waals surface area contributed by atoms with Crippen LogP contribution in [0.5, 0.6) is 0 Å². The number of hydrogen-bond acceptors (Lipinski definition) is 7. The molecule has 0 aliphatic rings. The average molecular weight is 386 g/mol. The maximum absolute atomic E-state index is 8.58. The Balaban J connectivity index is -0.0000000104. The van der Waals surface area contributed by atoms with Crippen molar-refractivity contribution in [2.75, 3.05) is 0 Å². The fraction of sp³-hybridized carbons (Fsp3) is 0. The van der Waals surface area contributed by atoms with E-state index in [-0.39, 0.29) is 257 Å². The molecular weight excluding hydrogens is 386 g/mol. The molecule has 0 bridgehead atoms. The van der Waals surface area contributed by atoms with Gasteiger partial charge in [-0.05, 0) is 0 Å². The third-order valence-electron chi connectivity index (χ3n) is 0. The minimum atomic E-state index is -5.39. The van der Waals surface area contributed by atoms with Gasteiger partial charge in [-0.25, -0.2) is 0 Å². The molecule has 0 amide bonds. The zero-order valence-electron chi connectivity index (χ0n) is 8.80. The second kappa shape index (κ2) is 29.7. The number of rotatable bonds is 0. The van der Waals surface area contributed by atoms with E-state index in [1.807, 2.05) is 0 Å². The molecule has 0 rings (SSSR count). The van der Waals surface area contributed by atoms with Crippen LogP contribution in [0.4, 0.5) is 0 Å². The second-order valence-electron chi connectivity index (χ2n) is 0.697. The molecule has 56 valence electrons. The van der Waals surface area contributed by atoms with Crippen molar-refractivity contribution in [1.29, 1.82) is 0 Å². The quantitative estimate of drug-likeness (QED) is 0.296. The van der Waals surface area contributed by atoms with Crippen LogP contribution < -0.4 is 279 Å². The van der Waals surface area contributed by atoms with Gasteiger partial charge in [0.25, 0.3) is 0 Å². The summed E-state index contributed by atoms with van der Waals surface area (Å²) in [6, 6.07) is 0. The van der Waals surface area contributed by atoms with Crippen LogP contribution in [0.25, 0.3) is 0 Å². The van der Waals surface area contributed by atoms with Crippen LogP contribution in [-0.4, -0.2) is 0 Å². The Kier molecular flexibility index (Phi) is 92.0. The van der Waals surface area contributed by atoms with E-state index < -0.39 is 26.4 Å². The molecule has 0 aromatic heterocycles. The molecule has 0 aromatic carbocycles. The normalized spacial score (nSPS) is 6.07. The first-order valence-electron chi connectivity index (χ1n) is 1.34. The van der Waals surface area contributed by atoms with Crippen molar-refractivity contribution in [2.45, 2.75) is 0 Å². The van der Waals surface area contributed by atoms with E-state index in [2.05, 4.69) is 0 Å². The van der Waals surface area contributed by atoms with E-state index >= 15 is 0 Å². The van der Waals surface area contributed by atoms with E-state index in [4.69, 9.17) is 29.9 Å². The van der Waals surface area contributed by atoms with Crippen molar-refractivity contribution < 1.29 is 305 Å². The monoisotopic (exact) mass is 386 g/mol. The van der Waals surface area contributed by atoms with Crippen LogP contribution in [0, 0.1) is 0 Å². The van der Waals surface area contributed by atoms with Gasteiger partial charge in [-0.1, -0.05) is 0 Å². The van der Waals surface area contributed by atoms with E-state index in [0.717, 1.165) is 0 Å². The Bertz CT molecular complexity index is 122. The zero-order valence-corrected chi connectivity index (χ0v) is 26.9. The standard InChI is InChI=1S/5K.H3O4P.3O.Ti/c;;;;;1-5(2,3)4;;;;/h;;;;;(H3,1,2,3,4);;;;/q5*+1;;;2*-1;/p-3. The first-order valence-corrected chi connectivity index (χ1v) is 4.72. The summed E-state index contributed by atoms with van der Waals surface area (Å²) in [6.07, 6.45) is 0. The maximum atomic E-state index is 8.58. The van der Waals surface area contributed by atoms with Gasteiger partial charge >= 0.3 is 286 Å². The summed E-state index contributed by atoms with van der Waals surface area (Å²) in [7, 11) is -5.39. The molecule has 0 aliphatic carbocycles. The van der Waals surface area contributed by atoms with Gasteiger partial charge in [0.05, 0.1) is 0 Å². The topological polar surface area (TPSA) is 149 Å². The van der Waals surface area contributed by atoms with Gasteiger partial charge in [-0.2, -0.15) is 7.82 Å². The molecule has 7 nitrogen and oxygen atoms in total. The average Bonchev–Trinajstić information content (AvgIpc) is 1.19. The van der Waals surface area contributed by atoms with Crippen molar-refractivity contribution in [3.63, 3.8) is 0 Å². The molecule has 0 heterocycles. The van der Waals surface area contributed by atoms with Crippen molar-refractivity contribution in [3.05, 3.63) is 0 Å². The predicted octanol–water partition coefficient (Wildman–Crippen LogP) is -20.3. The minimum absolute atomic E-state index is 0. The van der Waals surface area contributed by atoms with Crippen LogP contribution in [0.1, 0.15) is 0 Å². The van der Waals surface area contributed by atoms with Crippen molar-refractivity contribution in [2.24, 2.45) is 0 Å². The Morgan fingerprint density at radius 1 is 0.786 bits per heavy atom. The molecule has 0 N–H and O–H groups in total. The summed E-state index contributed by atoms with van der Waals surface area (Å²) in [5, 5.41) is 0. The molecule has 0 fully saturated rings. The molecule has 0 saturated carbocycles. The first-order chi connectivity index (χ1) is 3.73. The van der Waals surface area contributed by atoms with E-state index in [1.165, 1.54) is 0 Å². The number of hydrogen-bond donors (Lipinski definition) is 0. The second-order valence-corrected chi connectivity index (χ2v) is 2.37. The summed E-state index contributed by atoms with van der Waals surface area (Å²) in [5.41, 5.74) is 0. The molecule has 14 heavy (non-hydrogen) atoms. The zero-order chi connectivity index (χ0) is 8.08. The van der Waals surface area contributed by atoms with Crippen molar-refractivity contribution in [1.82, 2.24) is 0 Å². The van der Waals surface area contributed by atoms with Crippen molar-refractivity contribution in [3.8, 4) is 0 Å². The molecular formula is K5O7PTi. The van der Waals surface area contributed by atoms with Gasteiger partial charge in [-0.3, -0.25) is 0 Å². The van der Waals surface area contributed by atoms with Crippen LogP contribution in [0.2, 0.25) is 0 Å². The number of phosphoric acid groups is 1. The molecule has 0 saturated heterocycles. The third kappa shape index (κ3) is 106. The van der Waals surface area contributed by atoms with Crippen LogP contribution in [-0.2, 0) is 26.5 Å². The Hall–Kier alpha value is 8.73. The Labute approximate surface area is 302 Å². The van der Waals surface area contributed by atoms with E-state index in [1.54, 1.807) is 0 Å². The van der Waals surface area contributed by atoms with Gasteiger partial charge < -0.3 is 19.2 Å². The molecule has 0 spiro atoms. The predicted molar refractivity (Wildman–Crippen MR) is 8.29 cm³/mol. The van der Waals surface area contributed by atoms with Crippen LogP contribution in [0.3, 0.4) is 0 Å². The fourth-order valence-corrected chi connectivity index (χ4v) is 0. The molecule has 0 radical (unpaired) electrons. The van der Waals surface area contributed by atoms with Crippen LogP contribution in [0.15, 0.2) is 0 Å². The Morgan fingerprint density at radius 3 is 0.786 bits per heavy atom.